The molecule has 0 saturated carbocycles. The topological polar surface area (TPSA) is 52.6 Å². The van der Waals surface area contributed by atoms with Gasteiger partial charge in [-0.25, -0.2) is 0 Å². The maximum Gasteiger partial charge on any atom is 0.170 e. The van der Waals surface area contributed by atoms with Gasteiger partial charge in [0.1, 0.15) is 11.5 Å². The summed E-state index contributed by atoms with van der Waals surface area (Å²) in [5, 5.41) is 0. The van der Waals surface area contributed by atoms with Crippen molar-refractivity contribution in [2.75, 3.05) is 13.2 Å². The summed E-state index contributed by atoms with van der Waals surface area (Å²) >= 11 is 0. The van der Waals surface area contributed by atoms with Gasteiger partial charge in [0, 0.05) is 11.1 Å². The fourth-order valence-corrected chi connectivity index (χ4v) is 4.68. The Morgan fingerprint density at radius 3 is 1.10 bits per heavy atom. The van der Waals surface area contributed by atoms with Crippen molar-refractivity contribution >= 4 is 11.6 Å². The third-order valence-electron chi connectivity index (χ3n) is 7.21. The Balaban J connectivity index is 1.61. The second-order valence-corrected chi connectivity index (χ2v) is 10.7. The van der Waals surface area contributed by atoms with Crippen LogP contribution in [0.15, 0.2) is 48.5 Å². The summed E-state index contributed by atoms with van der Waals surface area (Å²) in [6.45, 7) is 5.88. The van der Waals surface area contributed by atoms with E-state index in [1.807, 2.05) is 24.3 Å². The van der Waals surface area contributed by atoms with Crippen LogP contribution in [0.1, 0.15) is 144 Å². The summed E-state index contributed by atoms with van der Waals surface area (Å²) in [7, 11) is 0. The lowest BCUT2D eigenvalue weighted by atomic mass is 10.0. The van der Waals surface area contributed by atoms with Gasteiger partial charge in [0.05, 0.1) is 19.6 Å². The summed E-state index contributed by atoms with van der Waals surface area (Å²) in [4.78, 5) is 25.3. The molecule has 4 nitrogen and oxygen atoms in total. The van der Waals surface area contributed by atoms with Crippen molar-refractivity contribution in [3.8, 4) is 11.5 Å². The van der Waals surface area contributed by atoms with Crippen LogP contribution < -0.4 is 9.47 Å². The van der Waals surface area contributed by atoms with Crippen LogP contribution in [-0.2, 0) is 0 Å². The molecule has 0 aliphatic carbocycles. The normalized spacial score (nSPS) is 10.9. The van der Waals surface area contributed by atoms with E-state index >= 15 is 0 Å². The second-order valence-electron chi connectivity index (χ2n) is 10.7. The van der Waals surface area contributed by atoms with Gasteiger partial charge in [-0.3, -0.25) is 9.59 Å². The van der Waals surface area contributed by atoms with Crippen LogP contribution in [0, 0.1) is 0 Å². The van der Waals surface area contributed by atoms with E-state index in [4.69, 9.17) is 9.47 Å². The van der Waals surface area contributed by atoms with E-state index < -0.39 is 0 Å². The predicted octanol–water partition coefficient (Wildman–Crippen LogP) is 10.2. The first kappa shape index (κ1) is 32.6. The van der Waals surface area contributed by atoms with Crippen LogP contribution in [0.5, 0.6) is 11.5 Å². The molecule has 39 heavy (non-hydrogen) atoms. The highest BCUT2D eigenvalue weighted by molar-refractivity contribution is 6.13. The number of Topliss-reactive ketones (excluding diaryl/α,β-unsaturated/α-hetero) is 2. The monoisotopic (exact) mass is 536 g/mol. The zero-order valence-electron chi connectivity index (χ0n) is 24.7. The molecule has 2 rings (SSSR count). The van der Waals surface area contributed by atoms with Crippen molar-refractivity contribution in [3.63, 3.8) is 0 Å². The number of carbonyl (C=O) groups excluding carboxylic acids is 2. The minimum absolute atomic E-state index is 0.142. The van der Waals surface area contributed by atoms with E-state index in [0.29, 0.717) is 24.3 Å². The molecule has 0 aliphatic heterocycles. The van der Waals surface area contributed by atoms with E-state index in [-0.39, 0.29) is 18.0 Å². The van der Waals surface area contributed by atoms with Gasteiger partial charge in [-0.15, -0.1) is 0 Å². The van der Waals surface area contributed by atoms with Crippen LogP contribution >= 0.6 is 0 Å². The molecule has 0 radical (unpaired) electrons. The van der Waals surface area contributed by atoms with E-state index in [1.165, 1.54) is 89.9 Å². The van der Waals surface area contributed by atoms with Crippen LogP contribution in [0.4, 0.5) is 0 Å². The number of unbranched alkanes of at least 4 members (excludes halogenated alkanes) is 14. The molecule has 0 fully saturated rings. The Kier molecular flexibility index (Phi) is 17.7. The van der Waals surface area contributed by atoms with Gasteiger partial charge in [-0.2, -0.15) is 0 Å². The zero-order chi connectivity index (χ0) is 28.0. The molecule has 0 spiro atoms. The lowest BCUT2D eigenvalue weighted by molar-refractivity contribution is 0.0894. The quantitative estimate of drug-likeness (QED) is 0.0760. The maximum atomic E-state index is 12.6. The van der Waals surface area contributed by atoms with E-state index in [1.54, 1.807) is 24.3 Å². The maximum absolute atomic E-state index is 12.6. The lowest BCUT2D eigenvalue weighted by Gasteiger charge is -2.08. The summed E-state index contributed by atoms with van der Waals surface area (Å²) in [6.07, 6.45) is 20.1. The molecule has 0 N–H and O–H groups in total. The second kappa shape index (κ2) is 21.2. The summed E-state index contributed by atoms with van der Waals surface area (Å²) in [6, 6.07) is 14.3. The molecule has 0 aromatic heterocycles. The van der Waals surface area contributed by atoms with Crippen molar-refractivity contribution < 1.29 is 19.1 Å². The van der Waals surface area contributed by atoms with Gasteiger partial charge in [-0.05, 0) is 61.4 Å². The van der Waals surface area contributed by atoms with E-state index in [0.717, 1.165) is 24.3 Å². The van der Waals surface area contributed by atoms with Crippen LogP contribution in [0.2, 0.25) is 0 Å². The lowest BCUT2D eigenvalue weighted by Crippen LogP contribution is -2.09. The van der Waals surface area contributed by atoms with Gasteiger partial charge in [0.15, 0.2) is 11.6 Å². The molecule has 0 aliphatic rings. The van der Waals surface area contributed by atoms with Gasteiger partial charge >= 0.3 is 0 Å². The van der Waals surface area contributed by atoms with E-state index in [2.05, 4.69) is 13.8 Å². The van der Waals surface area contributed by atoms with Crippen LogP contribution in [0.25, 0.3) is 0 Å². The highest BCUT2D eigenvalue weighted by Gasteiger charge is 2.14. The first-order chi connectivity index (χ1) is 19.1. The average molecular weight is 537 g/mol. The minimum atomic E-state index is -0.176. The Morgan fingerprint density at radius 2 is 0.769 bits per heavy atom. The third-order valence-corrected chi connectivity index (χ3v) is 7.21. The molecule has 0 heterocycles. The number of ketones is 2. The van der Waals surface area contributed by atoms with Crippen molar-refractivity contribution in [3.05, 3.63) is 59.7 Å². The highest BCUT2D eigenvalue weighted by atomic mass is 16.5. The average Bonchev–Trinajstić information content (AvgIpc) is 2.96. The number of hydrogen-bond acceptors (Lipinski definition) is 4. The smallest absolute Gasteiger partial charge is 0.170 e. The fraction of sp³-hybridized carbons (Fsp3) is 0.600. The zero-order valence-corrected chi connectivity index (χ0v) is 24.7. The number of hydrogen-bond donors (Lipinski definition) is 0. The van der Waals surface area contributed by atoms with Crippen LogP contribution in [-0.4, -0.2) is 24.8 Å². The molecule has 0 amide bonds. The highest BCUT2D eigenvalue weighted by Crippen LogP contribution is 2.18. The predicted molar refractivity (Wildman–Crippen MR) is 162 cm³/mol. The molecule has 0 atom stereocenters. The summed E-state index contributed by atoms with van der Waals surface area (Å²) in [5.74, 6) is 1.18. The number of carbonyl (C=O) groups is 2. The Morgan fingerprint density at radius 1 is 0.462 bits per heavy atom. The molecule has 0 bridgehead atoms. The molecule has 2 aromatic rings. The van der Waals surface area contributed by atoms with Gasteiger partial charge in [-0.1, -0.05) is 104 Å². The Hall–Kier alpha value is -2.62. The van der Waals surface area contributed by atoms with Gasteiger partial charge in [0.2, 0.25) is 0 Å². The number of rotatable bonds is 24. The molecule has 0 unspecified atom stereocenters. The minimum Gasteiger partial charge on any atom is -0.494 e. The van der Waals surface area contributed by atoms with Crippen molar-refractivity contribution in [1.29, 1.82) is 0 Å². The fourth-order valence-electron chi connectivity index (χ4n) is 4.68. The SMILES string of the molecule is CCCCCCCCCCOc1ccc(C(=O)CC(=O)c2ccc(OCCCCCCCCCC)cc2)cc1. The molecule has 2 aromatic carbocycles. The Bertz CT molecular complexity index is 826. The summed E-state index contributed by atoms with van der Waals surface area (Å²) < 4.78 is 11.6. The summed E-state index contributed by atoms with van der Waals surface area (Å²) in [5.41, 5.74) is 1.07. The molecular weight excluding hydrogens is 484 g/mol. The molecule has 4 heteroatoms. The number of benzene rings is 2. The Labute approximate surface area is 237 Å². The molecular formula is C35H52O4. The first-order valence-corrected chi connectivity index (χ1v) is 15.7. The largest absolute Gasteiger partial charge is 0.494 e. The molecule has 216 valence electrons. The molecule has 0 saturated heterocycles. The van der Waals surface area contributed by atoms with Crippen molar-refractivity contribution in [2.24, 2.45) is 0 Å². The van der Waals surface area contributed by atoms with Crippen LogP contribution in [0.3, 0.4) is 0 Å². The van der Waals surface area contributed by atoms with E-state index in [9.17, 15) is 9.59 Å². The van der Waals surface area contributed by atoms with Gasteiger partial charge in [0.25, 0.3) is 0 Å². The van der Waals surface area contributed by atoms with Gasteiger partial charge < -0.3 is 9.47 Å². The van der Waals surface area contributed by atoms with Crippen molar-refractivity contribution in [1.82, 2.24) is 0 Å². The third kappa shape index (κ3) is 14.9. The standard InChI is InChI=1S/C35H52O4/c1-3-5-7-9-11-13-15-17-27-38-32-23-19-30(20-24-32)34(36)29-35(37)31-21-25-33(26-22-31)39-28-18-16-14-12-10-8-6-4-2/h19-26H,3-18,27-29H2,1-2H3. The first-order valence-electron chi connectivity index (χ1n) is 15.7. The number of ether oxygens (including phenoxy) is 2. The van der Waals surface area contributed by atoms with Crippen molar-refractivity contribution in [2.45, 2.75) is 123 Å².